The highest BCUT2D eigenvalue weighted by molar-refractivity contribution is 5.95. The van der Waals surface area contributed by atoms with Gasteiger partial charge in [0.2, 0.25) is 5.88 Å². The molecule has 100 valence electrons. The summed E-state index contributed by atoms with van der Waals surface area (Å²) in [5.41, 5.74) is 0.946. The Hall–Kier alpha value is -2.37. The smallest absolute Gasteiger partial charge is 0.341 e. The van der Waals surface area contributed by atoms with Crippen LogP contribution in [-0.2, 0) is 0 Å². The first-order valence-electron chi connectivity index (χ1n) is 5.77. The highest BCUT2D eigenvalue weighted by Gasteiger charge is 2.25. The third-order valence-corrected chi connectivity index (χ3v) is 2.68. The lowest BCUT2D eigenvalue weighted by atomic mass is 10.0. The average Bonchev–Trinajstić information content (AvgIpc) is 2.83. The molecule has 2 aromatic heterocycles. The zero-order chi connectivity index (χ0) is 14.0. The fraction of sp³-hybridized carbons (Fsp3) is 0.308. The number of hydrogen-bond donors (Lipinski definition) is 1. The van der Waals surface area contributed by atoms with E-state index in [9.17, 15) is 9.90 Å². The van der Waals surface area contributed by atoms with Crippen LogP contribution in [0.4, 0.5) is 0 Å². The quantitative estimate of drug-likeness (QED) is 0.911. The Kier molecular flexibility index (Phi) is 3.50. The van der Waals surface area contributed by atoms with Gasteiger partial charge in [0.05, 0.1) is 7.11 Å². The molecule has 2 rings (SSSR count). The maximum Gasteiger partial charge on any atom is 0.341 e. The van der Waals surface area contributed by atoms with Gasteiger partial charge in [0.15, 0.2) is 5.76 Å². The van der Waals surface area contributed by atoms with E-state index in [4.69, 9.17) is 9.26 Å². The molecule has 6 heteroatoms. The van der Waals surface area contributed by atoms with Gasteiger partial charge in [0.25, 0.3) is 0 Å². The Balaban J connectivity index is 2.52. The predicted molar refractivity (Wildman–Crippen MR) is 67.3 cm³/mol. The van der Waals surface area contributed by atoms with Gasteiger partial charge in [-0.15, -0.1) is 0 Å². The second kappa shape index (κ2) is 5.09. The largest absolute Gasteiger partial charge is 0.481 e. The lowest BCUT2D eigenvalue weighted by Gasteiger charge is -2.02. The van der Waals surface area contributed by atoms with Crippen molar-refractivity contribution in [1.29, 1.82) is 0 Å². The van der Waals surface area contributed by atoms with E-state index in [1.54, 1.807) is 12.1 Å². The van der Waals surface area contributed by atoms with Crippen molar-refractivity contribution < 1.29 is 19.2 Å². The fourth-order valence-corrected chi connectivity index (χ4v) is 1.74. The van der Waals surface area contributed by atoms with Crippen molar-refractivity contribution in [1.82, 2.24) is 10.1 Å². The van der Waals surface area contributed by atoms with E-state index in [0.717, 1.165) is 0 Å². The minimum absolute atomic E-state index is 0.0569. The number of rotatable bonds is 4. The first-order chi connectivity index (χ1) is 9.04. The molecule has 2 aromatic rings. The maximum absolute atomic E-state index is 11.4. The molecule has 0 aliphatic rings. The molecule has 0 amide bonds. The number of carboxylic acid groups (broad SMARTS) is 1. The zero-order valence-electron chi connectivity index (χ0n) is 10.9. The van der Waals surface area contributed by atoms with Gasteiger partial charge < -0.3 is 14.4 Å². The van der Waals surface area contributed by atoms with Crippen molar-refractivity contribution in [2.24, 2.45) is 0 Å². The number of aromatic nitrogens is 2. The second-order valence-electron chi connectivity index (χ2n) is 4.32. The van der Waals surface area contributed by atoms with Crippen LogP contribution in [-0.4, -0.2) is 28.3 Å². The predicted octanol–water partition coefficient (Wildman–Crippen LogP) is 2.57. The third kappa shape index (κ3) is 2.42. The molecular weight excluding hydrogens is 248 g/mol. The zero-order valence-corrected chi connectivity index (χ0v) is 10.9. The van der Waals surface area contributed by atoms with E-state index in [-0.39, 0.29) is 17.2 Å². The number of carboxylic acids is 1. The minimum atomic E-state index is -1.06. The summed E-state index contributed by atoms with van der Waals surface area (Å²) in [4.78, 5) is 15.4. The summed E-state index contributed by atoms with van der Waals surface area (Å²) < 4.78 is 10.1. The van der Waals surface area contributed by atoms with Gasteiger partial charge in [-0.25, -0.2) is 9.78 Å². The molecule has 0 unspecified atom stereocenters. The van der Waals surface area contributed by atoms with Crippen molar-refractivity contribution in [2.75, 3.05) is 7.11 Å². The van der Waals surface area contributed by atoms with Crippen LogP contribution >= 0.6 is 0 Å². The summed E-state index contributed by atoms with van der Waals surface area (Å²) in [5.74, 6) is -0.305. The number of pyridine rings is 1. The van der Waals surface area contributed by atoms with E-state index in [1.165, 1.54) is 13.3 Å². The SMILES string of the molecule is COc1ccc(-c2noc(C(C)C)c2C(=O)O)cn1. The molecule has 0 bridgehead atoms. The summed E-state index contributed by atoms with van der Waals surface area (Å²) >= 11 is 0. The highest BCUT2D eigenvalue weighted by atomic mass is 16.5. The van der Waals surface area contributed by atoms with Crippen LogP contribution in [0.25, 0.3) is 11.3 Å². The van der Waals surface area contributed by atoms with Crippen molar-refractivity contribution in [2.45, 2.75) is 19.8 Å². The molecule has 1 N–H and O–H groups in total. The molecule has 0 aliphatic carbocycles. The Labute approximate surface area is 110 Å². The Morgan fingerprint density at radius 3 is 2.63 bits per heavy atom. The van der Waals surface area contributed by atoms with Gasteiger partial charge >= 0.3 is 5.97 Å². The molecule has 2 heterocycles. The minimum Gasteiger partial charge on any atom is -0.481 e. The van der Waals surface area contributed by atoms with Crippen LogP contribution < -0.4 is 4.74 Å². The van der Waals surface area contributed by atoms with E-state index < -0.39 is 5.97 Å². The number of ether oxygens (including phenoxy) is 1. The second-order valence-corrected chi connectivity index (χ2v) is 4.32. The first kappa shape index (κ1) is 13.1. The van der Waals surface area contributed by atoms with E-state index in [1.807, 2.05) is 13.8 Å². The Morgan fingerprint density at radius 2 is 2.16 bits per heavy atom. The maximum atomic E-state index is 11.4. The monoisotopic (exact) mass is 262 g/mol. The van der Waals surface area contributed by atoms with Crippen LogP contribution in [0, 0.1) is 0 Å². The fourth-order valence-electron chi connectivity index (χ4n) is 1.74. The van der Waals surface area contributed by atoms with Gasteiger partial charge in [-0.2, -0.15) is 0 Å². The molecule has 0 radical (unpaired) electrons. The third-order valence-electron chi connectivity index (χ3n) is 2.68. The van der Waals surface area contributed by atoms with E-state index >= 15 is 0 Å². The first-order valence-corrected chi connectivity index (χ1v) is 5.77. The Bertz CT molecular complexity index is 587. The number of carbonyl (C=O) groups is 1. The summed E-state index contributed by atoms with van der Waals surface area (Å²) in [6, 6.07) is 3.34. The molecule has 0 saturated heterocycles. The van der Waals surface area contributed by atoms with Crippen LogP contribution in [0.3, 0.4) is 0 Å². The summed E-state index contributed by atoms with van der Waals surface area (Å²) in [6.07, 6.45) is 1.51. The molecule has 0 saturated carbocycles. The number of methoxy groups -OCH3 is 1. The topological polar surface area (TPSA) is 85.5 Å². The standard InChI is InChI=1S/C13H14N2O4/c1-7(2)12-10(13(16)17)11(15-19-12)8-4-5-9(18-3)14-6-8/h4-7H,1-3H3,(H,16,17). The molecule has 0 aromatic carbocycles. The van der Waals surface area contributed by atoms with Gasteiger partial charge in [-0.3, -0.25) is 0 Å². The van der Waals surface area contributed by atoms with Crippen molar-refractivity contribution in [3.05, 3.63) is 29.7 Å². The van der Waals surface area contributed by atoms with E-state index in [0.29, 0.717) is 17.2 Å². The summed E-state index contributed by atoms with van der Waals surface area (Å²) in [5, 5.41) is 13.1. The van der Waals surface area contributed by atoms with E-state index in [2.05, 4.69) is 10.1 Å². The summed E-state index contributed by atoms with van der Waals surface area (Å²) in [7, 11) is 1.51. The summed E-state index contributed by atoms with van der Waals surface area (Å²) in [6.45, 7) is 3.70. The average molecular weight is 262 g/mol. The van der Waals surface area contributed by atoms with Crippen molar-refractivity contribution in [3.63, 3.8) is 0 Å². The van der Waals surface area contributed by atoms with Crippen LogP contribution in [0.5, 0.6) is 5.88 Å². The van der Waals surface area contributed by atoms with Gasteiger partial charge in [0, 0.05) is 23.7 Å². The molecule has 0 fully saturated rings. The Morgan fingerprint density at radius 1 is 1.42 bits per heavy atom. The van der Waals surface area contributed by atoms with Crippen molar-refractivity contribution >= 4 is 5.97 Å². The number of aromatic carboxylic acids is 1. The highest BCUT2D eigenvalue weighted by Crippen LogP contribution is 2.29. The van der Waals surface area contributed by atoms with Gasteiger partial charge in [0.1, 0.15) is 11.3 Å². The van der Waals surface area contributed by atoms with Gasteiger partial charge in [-0.1, -0.05) is 19.0 Å². The van der Waals surface area contributed by atoms with Crippen LogP contribution in [0.2, 0.25) is 0 Å². The van der Waals surface area contributed by atoms with Crippen molar-refractivity contribution in [3.8, 4) is 17.1 Å². The molecule has 0 atom stereocenters. The molecule has 0 spiro atoms. The molecular formula is C13H14N2O4. The van der Waals surface area contributed by atoms with Crippen LogP contribution in [0.1, 0.15) is 35.9 Å². The normalized spacial score (nSPS) is 10.7. The number of hydrogen-bond acceptors (Lipinski definition) is 5. The van der Waals surface area contributed by atoms with Crippen LogP contribution in [0.15, 0.2) is 22.9 Å². The molecule has 6 nitrogen and oxygen atoms in total. The molecule has 0 aliphatic heterocycles. The number of nitrogens with zero attached hydrogens (tertiary/aromatic N) is 2. The van der Waals surface area contributed by atoms with Gasteiger partial charge in [-0.05, 0) is 6.07 Å². The lowest BCUT2D eigenvalue weighted by Crippen LogP contribution is -2.02. The molecule has 19 heavy (non-hydrogen) atoms. The lowest BCUT2D eigenvalue weighted by molar-refractivity contribution is 0.0694.